The topological polar surface area (TPSA) is 83.9 Å². The predicted octanol–water partition coefficient (Wildman–Crippen LogP) is 2.06. The number of hydrogen-bond donors (Lipinski definition) is 1. The van der Waals surface area contributed by atoms with Crippen molar-refractivity contribution in [1.29, 1.82) is 0 Å². The highest BCUT2D eigenvalue weighted by molar-refractivity contribution is 7.89. The van der Waals surface area contributed by atoms with Crippen LogP contribution in [-0.4, -0.2) is 44.5 Å². The van der Waals surface area contributed by atoms with Crippen LogP contribution in [0.4, 0.5) is 0 Å². The molecule has 0 saturated heterocycles. The van der Waals surface area contributed by atoms with Gasteiger partial charge in [0.05, 0.1) is 12.0 Å². The molecular formula is C14H21NO5S. The Morgan fingerprint density at radius 1 is 1.43 bits per heavy atom. The summed E-state index contributed by atoms with van der Waals surface area (Å²) in [5.41, 5.74) is -0.171. The number of aromatic carboxylic acids is 1. The summed E-state index contributed by atoms with van der Waals surface area (Å²) in [6.07, 6.45) is 0.864. The van der Waals surface area contributed by atoms with E-state index in [0.29, 0.717) is 6.54 Å². The maximum atomic E-state index is 12.5. The molecule has 0 bridgehead atoms. The van der Waals surface area contributed by atoms with E-state index < -0.39 is 16.0 Å². The Hall–Kier alpha value is -1.60. The third-order valence-electron chi connectivity index (χ3n) is 3.38. The van der Waals surface area contributed by atoms with Crippen LogP contribution in [0.1, 0.15) is 30.6 Å². The Bertz CT molecular complexity index is 612. The van der Waals surface area contributed by atoms with Crippen molar-refractivity contribution in [3.63, 3.8) is 0 Å². The van der Waals surface area contributed by atoms with Gasteiger partial charge in [-0.2, -0.15) is 0 Å². The number of methoxy groups -OCH3 is 1. The van der Waals surface area contributed by atoms with Gasteiger partial charge in [0.1, 0.15) is 11.3 Å². The van der Waals surface area contributed by atoms with E-state index >= 15 is 0 Å². The SMILES string of the molecule is CCC(C)CN(C)S(=O)(=O)c1ccc(OC)c(C(=O)O)c1. The number of carboxylic acids is 1. The second-order valence-electron chi connectivity index (χ2n) is 4.97. The molecule has 1 atom stereocenters. The Morgan fingerprint density at radius 2 is 2.05 bits per heavy atom. The highest BCUT2D eigenvalue weighted by Gasteiger charge is 2.24. The van der Waals surface area contributed by atoms with Crippen molar-refractivity contribution >= 4 is 16.0 Å². The zero-order valence-electron chi connectivity index (χ0n) is 12.7. The first-order valence-corrected chi connectivity index (χ1v) is 8.05. The lowest BCUT2D eigenvalue weighted by molar-refractivity contribution is 0.0693. The maximum Gasteiger partial charge on any atom is 0.339 e. The first-order valence-electron chi connectivity index (χ1n) is 6.61. The average molecular weight is 315 g/mol. The van der Waals surface area contributed by atoms with Crippen LogP contribution in [0.25, 0.3) is 0 Å². The molecular weight excluding hydrogens is 294 g/mol. The molecule has 0 aliphatic carbocycles. The van der Waals surface area contributed by atoms with E-state index in [-0.39, 0.29) is 22.1 Å². The summed E-state index contributed by atoms with van der Waals surface area (Å²) in [7, 11) is -0.880. The van der Waals surface area contributed by atoms with E-state index in [1.807, 2.05) is 13.8 Å². The largest absolute Gasteiger partial charge is 0.496 e. The number of sulfonamides is 1. The van der Waals surface area contributed by atoms with Crippen LogP contribution in [0.15, 0.2) is 23.1 Å². The second kappa shape index (κ2) is 6.91. The third-order valence-corrected chi connectivity index (χ3v) is 5.19. The summed E-state index contributed by atoms with van der Waals surface area (Å²) in [5.74, 6) is -0.874. The first-order chi connectivity index (χ1) is 9.73. The van der Waals surface area contributed by atoms with E-state index in [9.17, 15) is 13.2 Å². The molecule has 0 aromatic heterocycles. The molecule has 1 aromatic rings. The van der Waals surface area contributed by atoms with Crippen LogP contribution >= 0.6 is 0 Å². The first kappa shape index (κ1) is 17.5. The fraction of sp³-hybridized carbons (Fsp3) is 0.500. The van der Waals surface area contributed by atoms with E-state index in [1.165, 1.54) is 30.6 Å². The van der Waals surface area contributed by atoms with Gasteiger partial charge in [-0.1, -0.05) is 20.3 Å². The Kier molecular flexibility index (Phi) is 5.74. The maximum absolute atomic E-state index is 12.5. The molecule has 21 heavy (non-hydrogen) atoms. The Morgan fingerprint density at radius 3 is 2.52 bits per heavy atom. The number of ether oxygens (including phenoxy) is 1. The van der Waals surface area contributed by atoms with Crippen LogP contribution < -0.4 is 4.74 Å². The molecule has 0 spiro atoms. The molecule has 0 heterocycles. The highest BCUT2D eigenvalue weighted by Crippen LogP contribution is 2.24. The van der Waals surface area contributed by atoms with Crippen molar-refractivity contribution in [2.24, 2.45) is 5.92 Å². The van der Waals surface area contributed by atoms with Crippen molar-refractivity contribution < 1.29 is 23.1 Å². The zero-order chi connectivity index (χ0) is 16.2. The molecule has 0 aliphatic rings. The third kappa shape index (κ3) is 3.95. The summed E-state index contributed by atoms with van der Waals surface area (Å²) in [5, 5.41) is 9.12. The lowest BCUT2D eigenvalue weighted by Gasteiger charge is -2.21. The second-order valence-corrected chi connectivity index (χ2v) is 7.01. The van der Waals surface area contributed by atoms with Crippen LogP contribution in [0.3, 0.4) is 0 Å². The number of hydrogen-bond acceptors (Lipinski definition) is 4. The monoisotopic (exact) mass is 315 g/mol. The van der Waals surface area contributed by atoms with Gasteiger partial charge in [0.15, 0.2) is 0 Å². The predicted molar refractivity (Wildman–Crippen MR) is 79.2 cm³/mol. The van der Waals surface area contributed by atoms with E-state index in [4.69, 9.17) is 9.84 Å². The van der Waals surface area contributed by atoms with Gasteiger partial charge in [0.25, 0.3) is 0 Å². The van der Waals surface area contributed by atoms with Crippen LogP contribution in [0.5, 0.6) is 5.75 Å². The number of rotatable bonds is 7. The molecule has 1 N–H and O–H groups in total. The summed E-state index contributed by atoms with van der Waals surface area (Å²) >= 11 is 0. The average Bonchev–Trinajstić information content (AvgIpc) is 2.45. The molecule has 6 nitrogen and oxygen atoms in total. The van der Waals surface area contributed by atoms with Crippen molar-refractivity contribution in [2.75, 3.05) is 20.7 Å². The van der Waals surface area contributed by atoms with Gasteiger partial charge >= 0.3 is 5.97 Å². The standard InChI is InChI=1S/C14H21NO5S/c1-5-10(2)9-15(3)21(18,19)11-6-7-13(20-4)12(8-11)14(16)17/h6-8,10H,5,9H2,1-4H3,(H,16,17). The molecule has 118 valence electrons. The molecule has 0 fully saturated rings. The zero-order valence-corrected chi connectivity index (χ0v) is 13.5. The normalized spacial score (nSPS) is 13.2. The fourth-order valence-electron chi connectivity index (χ4n) is 1.86. The number of carboxylic acid groups (broad SMARTS) is 1. The smallest absolute Gasteiger partial charge is 0.339 e. The molecule has 0 saturated carbocycles. The van der Waals surface area contributed by atoms with Gasteiger partial charge in [-0.25, -0.2) is 17.5 Å². The Labute approximate surface area is 125 Å². The van der Waals surface area contributed by atoms with E-state index in [1.54, 1.807) is 0 Å². The van der Waals surface area contributed by atoms with Crippen molar-refractivity contribution in [3.8, 4) is 5.75 Å². The minimum atomic E-state index is -3.71. The van der Waals surface area contributed by atoms with Crippen molar-refractivity contribution in [1.82, 2.24) is 4.31 Å². The lowest BCUT2D eigenvalue weighted by Crippen LogP contribution is -2.31. The molecule has 0 amide bonds. The lowest BCUT2D eigenvalue weighted by atomic mass is 10.1. The molecule has 0 radical (unpaired) electrons. The fourth-order valence-corrected chi connectivity index (χ4v) is 3.18. The van der Waals surface area contributed by atoms with Gasteiger partial charge < -0.3 is 9.84 Å². The van der Waals surface area contributed by atoms with Crippen LogP contribution in [0, 0.1) is 5.92 Å². The number of benzene rings is 1. The summed E-state index contributed by atoms with van der Waals surface area (Å²) in [6.45, 7) is 4.33. The Balaban J connectivity index is 3.20. The quantitative estimate of drug-likeness (QED) is 0.832. The summed E-state index contributed by atoms with van der Waals surface area (Å²) in [6, 6.07) is 3.84. The summed E-state index contributed by atoms with van der Waals surface area (Å²) in [4.78, 5) is 11.1. The summed E-state index contributed by atoms with van der Waals surface area (Å²) < 4.78 is 31.1. The molecule has 0 aliphatic heterocycles. The van der Waals surface area contributed by atoms with Gasteiger partial charge in [0.2, 0.25) is 10.0 Å². The van der Waals surface area contributed by atoms with Gasteiger partial charge in [-0.05, 0) is 24.1 Å². The number of carbonyl (C=O) groups is 1. The van der Waals surface area contributed by atoms with Gasteiger partial charge in [-0.15, -0.1) is 0 Å². The van der Waals surface area contributed by atoms with E-state index in [0.717, 1.165) is 12.5 Å². The highest BCUT2D eigenvalue weighted by atomic mass is 32.2. The minimum absolute atomic E-state index is 0.0495. The van der Waals surface area contributed by atoms with Gasteiger partial charge in [0, 0.05) is 13.6 Å². The van der Waals surface area contributed by atoms with Crippen LogP contribution in [0.2, 0.25) is 0 Å². The molecule has 1 rings (SSSR count). The minimum Gasteiger partial charge on any atom is -0.496 e. The van der Waals surface area contributed by atoms with Crippen molar-refractivity contribution in [2.45, 2.75) is 25.2 Å². The molecule has 1 aromatic carbocycles. The van der Waals surface area contributed by atoms with Gasteiger partial charge in [-0.3, -0.25) is 0 Å². The van der Waals surface area contributed by atoms with Crippen molar-refractivity contribution in [3.05, 3.63) is 23.8 Å². The number of nitrogens with zero attached hydrogens (tertiary/aromatic N) is 1. The molecule has 1 unspecified atom stereocenters. The molecule has 7 heteroatoms. The van der Waals surface area contributed by atoms with Crippen LogP contribution in [-0.2, 0) is 10.0 Å². The van der Waals surface area contributed by atoms with E-state index in [2.05, 4.69) is 0 Å².